The van der Waals surface area contributed by atoms with Crippen LogP contribution in [0, 0.1) is 11.3 Å². The molecule has 1 aliphatic heterocycles. The molecule has 1 amide bonds. The minimum atomic E-state index is -4.59. The molecule has 0 unspecified atom stereocenters. The van der Waals surface area contributed by atoms with Gasteiger partial charge in [-0.1, -0.05) is 30.3 Å². The van der Waals surface area contributed by atoms with Crippen LogP contribution in [0.15, 0.2) is 72.8 Å². The van der Waals surface area contributed by atoms with E-state index in [9.17, 15) is 18.0 Å². The minimum Gasteiger partial charge on any atom is -0.489 e. The Hall–Kier alpha value is -4.23. The number of nitriles is 1. The van der Waals surface area contributed by atoms with Crippen molar-refractivity contribution in [1.82, 2.24) is 4.90 Å². The van der Waals surface area contributed by atoms with E-state index in [-0.39, 0.29) is 30.2 Å². The summed E-state index contributed by atoms with van der Waals surface area (Å²) in [4.78, 5) is 16.9. The maximum atomic E-state index is 13.3. The topological polar surface area (TPSA) is 77.8 Å². The van der Waals surface area contributed by atoms with E-state index in [1.165, 1.54) is 12.1 Å². The SMILES string of the molecule is N#Cc1ccc(N[C@H]2CC[C@H](OCC(=O)N3CCN(c4ccc(OCc5ccccc5)cc4)CC3)CC2)cc1C(F)(F)F. The molecule has 0 bridgehead atoms. The number of nitrogens with one attached hydrogen (secondary N) is 1. The van der Waals surface area contributed by atoms with E-state index in [0.717, 1.165) is 49.0 Å². The number of hydrogen-bond acceptors (Lipinski definition) is 6. The number of rotatable bonds is 9. The summed E-state index contributed by atoms with van der Waals surface area (Å²) in [7, 11) is 0. The van der Waals surface area contributed by atoms with E-state index >= 15 is 0 Å². The molecule has 0 atom stereocenters. The van der Waals surface area contributed by atoms with E-state index in [2.05, 4.69) is 10.2 Å². The van der Waals surface area contributed by atoms with E-state index < -0.39 is 11.7 Å². The molecule has 0 aromatic heterocycles. The minimum absolute atomic E-state index is 0.00198. The Bertz CT molecular complexity index is 1390. The van der Waals surface area contributed by atoms with Gasteiger partial charge >= 0.3 is 6.18 Å². The molecule has 1 saturated heterocycles. The van der Waals surface area contributed by atoms with Gasteiger partial charge in [-0.3, -0.25) is 4.79 Å². The monoisotopic (exact) mass is 592 g/mol. The average Bonchev–Trinajstić information content (AvgIpc) is 3.04. The van der Waals surface area contributed by atoms with Crippen LogP contribution in [0.3, 0.4) is 0 Å². The number of nitrogens with zero attached hydrogens (tertiary/aromatic N) is 3. The second-order valence-corrected chi connectivity index (χ2v) is 10.9. The van der Waals surface area contributed by atoms with Crippen molar-refractivity contribution < 1.29 is 27.4 Å². The summed E-state index contributed by atoms with van der Waals surface area (Å²) in [6, 6.07) is 23.4. The van der Waals surface area contributed by atoms with Crippen molar-refractivity contribution in [3.8, 4) is 11.8 Å². The van der Waals surface area contributed by atoms with Gasteiger partial charge in [0, 0.05) is 43.6 Å². The van der Waals surface area contributed by atoms with Crippen LogP contribution in [-0.4, -0.2) is 55.7 Å². The third-order valence-corrected chi connectivity index (χ3v) is 8.02. The summed E-state index contributed by atoms with van der Waals surface area (Å²) in [6.07, 6.45) is -1.78. The molecule has 2 aliphatic rings. The third-order valence-electron chi connectivity index (χ3n) is 8.02. The maximum absolute atomic E-state index is 13.3. The normalized spacial score (nSPS) is 19.0. The number of alkyl halides is 3. The molecule has 3 aromatic rings. The van der Waals surface area contributed by atoms with Crippen LogP contribution in [0.5, 0.6) is 5.75 Å². The van der Waals surface area contributed by atoms with Crippen molar-refractivity contribution in [3.63, 3.8) is 0 Å². The highest BCUT2D eigenvalue weighted by atomic mass is 19.4. The van der Waals surface area contributed by atoms with Crippen LogP contribution in [0.1, 0.15) is 42.4 Å². The first kappa shape index (κ1) is 30.2. The molecule has 1 aliphatic carbocycles. The van der Waals surface area contributed by atoms with Crippen molar-refractivity contribution >= 4 is 17.3 Å². The summed E-state index contributed by atoms with van der Waals surface area (Å²) >= 11 is 0. The van der Waals surface area contributed by atoms with Crippen LogP contribution >= 0.6 is 0 Å². The van der Waals surface area contributed by atoms with Crippen molar-refractivity contribution in [3.05, 3.63) is 89.5 Å². The van der Waals surface area contributed by atoms with Gasteiger partial charge in [-0.15, -0.1) is 0 Å². The van der Waals surface area contributed by atoms with Gasteiger partial charge in [-0.2, -0.15) is 18.4 Å². The molecule has 0 radical (unpaired) electrons. The average molecular weight is 593 g/mol. The number of anilines is 2. The van der Waals surface area contributed by atoms with Crippen LogP contribution in [0.4, 0.5) is 24.5 Å². The second-order valence-electron chi connectivity index (χ2n) is 10.9. The van der Waals surface area contributed by atoms with Gasteiger partial charge in [0.1, 0.15) is 19.0 Å². The lowest BCUT2D eigenvalue weighted by Gasteiger charge is -2.36. The van der Waals surface area contributed by atoms with Crippen LogP contribution in [0.25, 0.3) is 0 Å². The lowest BCUT2D eigenvalue weighted by molar-refractivity contribution is -0.139. The smallest absolute Gasteiger partial charge is 0.417 e. The van der Waals surface area contributed by atoms with Crippen molar-refractivity contribution in [2.75, 3.05) is 43.0 Å². The van der Waals surface area contributed by atoms with Gasteiger partial charge in [0.2, 0.25) is 5.91 Å². The molecule has 0 spiro atoms. The first-order valence-corrected chi connectivity index (χ1v) is 14.6. The van der Waals surface area contributed by atoms with Gasteiger partial charge in [-0.25, -0.2) is 0 Å². The molecule has 1 heterocycles. The summed E-state index contributed by atoms with van der Waals surface area (Å²) in [5.74, 6) is 0.787. The molecule has 7 nitrogen and oxygen atoms in total. The quantitative estimate of drug-likeness (QED) is 0.317. The summed E-state index contributed by atoms with van der Waals surface area (Å²) in [5, 5.41) is 12.2. The first-order valence-electron chi connectivity index (χ1n) is 14.6. The Morgan fingerprint density at radius 2 is 1.63 bits per heavy atom. The van der Waals surface area contributed by atoms with Gasteiger partial charge in [-0.05, 0) is 73.7 Å². The molecule has 3 aromatic carbocycles. The highest BCUT2D eigenvalue weighted by Gasteiger charge is 2.34. The van der Waals surface area contributed by atoms with Crippen molar-refractivity contribution in [2.24, 2.45) is 0 Å². The maximum Gasteiger partial charge on any atom is 0.417 e. The summed E-state index contributed by atoms with van der Waals surface area (Å²) in [5.41, 5.74) is 1.24. The van der Waals surface area contributed by atoms with E-state index in [0.29, 0.717) is 38.2 Å². The Labute approximate surface area is 249 Å². The third kappa shape index (κ3) is 8.20. The number of carbonyl (C=O) groups excluding carboxylic acids is 1. The number of halogens is 3. The Kier molecular flexibility index (Phi) is 9.72. The molecular formula is C33H35F3N4O3. The fraction of sp³-hybridized carbons (Fsp3) is 0.394. The molecule has 43 heavy (non-hydrogen) atoms. The lowest BCUT2D eigenvalue weighted by atomic mass is 9.92. The zero-order valence-electron chi connectivity index (χ0n) is 23.9. The summed E-state index contributed by atoms with van der Waals surface area (Å²) in [6.45, 7) is 3.26. The van der Waals surface area contributed by atoms with Crippen LogP contribution in [-0.2, 0) is 22.3 Å². The highest BCUT2D eigenvalue weighted by molar-refractivity contribution is 5.77. The standard InChI is InChI=1S/C33H35F3N4O3/c34-33(35,36)31-20-27(7-6-25(31)21-37)38-26-8-12-29(13-9-26)43-23-32(41)40-18-16-39(17-19-40)28-10-14-30(15-11-28)42-22-24-4-2-1-3-5-24/h1-7,10-11,14-15,20,26,29,38H,8-9,12-13,16-19,22-23H2/t26-,29-. The predicted octanol–water partition coefficient (Wildman–Crippen LogP) is 6.24. The molecule has 5 rings (SSSR count). The number of carbonyl (C=O) groups is 1. The molecule has 1 saturated carbocycles. The Morgan fingerprint density at radius 3 is 2.28 bits per heavy atom. The number of hydrogen-bond donors (Lipinski definition) is 1. The van der Waals surface area contributed by atoms with Gasteiger partial charge < -0.3 is 24.6 Å². The largest absolute Gasteiger partial charge is 0.489 e. The lowest BCUT2D eigenvalue weighted by Crippen LogP contribution is -2.50. The number of amides is 1. The molecule has 10 heteroatoms. The molecule has 2 fully saturated rings. The van der Waals surface area contributed by atoms with Crippen molar-refractivity contribution in [1.29, 1.82) is 5.26 Å². The zero-order chi connectivity index (χ0) is 30.2. The zero-order valence-corrected chi connectivity index (χ0v) is 23.9. The number of benzene rings is 3. The van der Waals surface area contributed by atoms with E-state index in [1.54, 1.807) is 6.07 Å². The van der Waals surface area contributed by atoms with Gasteiger partial charge in [0.05, 0.1) is 23.3 Å². The van der Waals surface area contributed by atoms with Gasteiger partial charge in [0.25, 0.3) is 0 Å². The molecular weight excluding hydrogens is 557 g/mol. The molecule has 1 N–H and O–H groups in total. The molecule has 226 valence electrons. The summed E-state index contributed by atoms with van der Waals surface area (Å²) < 4.78 is 51.6. The van der Waals surface area contributed by atoms with E-state index in [4.69, 9.17) is 14.7 Å². The Balaban J connectivity index is 1.00. The van der Waals surface area contributed by atoms with Gasteiger partial charge in [0.15, 0.2) is 0 Å². The fourth-order valence-electron chi connectivity index (χ4n) is 5.56. The highest BCUT2D eigenvalue weighted by Crippen LogP contribution is 2.34. The van der Waals surface area contributed by atoms with Crippen LogP contribution in [0.2, 0.25) is 0 Å². The van der Waals surface area contributed by atoms with Crippen LogP contribution < -0.4 is 15.0 Å². The number of piperazine rings is 1. The van der Waals surface area contributed by atoms with Crippen molar-refractivity contribution in [2.45, 2.75) is 50.6 Å². The first-order chi connectivity index (χ1) is 20.8. The predicted molar refractivity (Wildman–Crippen MR) is 158 cm³/mol. The van der Waals surface area contributed by atoms with E-state index in [1.807, 2.05) is 59.5 Å². The second kappa shape index (κ2) is 13.8. The number of ether oxygens (including phenoxy) is 2. The Morgan fingerprint density at radius 1 is 0.930 bits per heavy atom. The fourth-order valence-corrected chi connectivity index (χ4v) is 5.56.